The lowest BCUT2D eigenvalue weighted by Gasteiger charge is -2.32. The maximum atomic E-state index is 14.6. The van der Waals surface area contributed by atoms with Crippen LogP contribution in [0.5, 0.6) is 11.5 Å². The first-order chi connectivity index (χ1) is 20.9. The van der Waals surface area contributed by atoms with Crippen LogP contribution in [0.25, 0.3) is 11.0 Å². The molecule has 2 unspecified atom stereocenters. The maximum absolute atomic E-state index is 14.6. The molecule has 0 radical (unpaired) electrons. The number of ether oxygens (including phenoxy) is 1. The van der Waals surface area contributed by atoms with Crippen molar-refractivity contribution < 1.29 is 9.13 Å². The van der Waals surface area contributed by atoms with Crippen LogP contribution in [0.1, 0.15) is 55.7 Å². The van der Waals surface area contributed by atoms with Gasteiger partial charge in [0.1, 0.15) is 17.9 Å². The van der Waals surface area contributed by atoms with Crippen LogP contribution < -0.4 is 15.3 Å². The Morgan fingerprint density at radius 2 is 1.86 bits per heavy atom. The number of fused-ring (bicyclic) bond motifs is 1. The highest BCUT2D eigenvalue weighted by molar-refractivity contribution is 5.75. The molecule has 2 N–H and O–H groups in total. The Morgan fingerprint density at radius 3 is 2.70 bits per heavy atom. The Morgan fingerprint density at radius 1 is 1.05 bits per heavy atom. The molecule has 3 fully saturated rings. The van der Waals surface area contributed by atoms with E-state index in [4.69, 9.17) is 9.72 Å². The summed E-state index contributed by atoms with van der Waals surface area (Å²) >= 11 is 0. The molecule has 226 valence electrons. The van der Waals surface area contributed by atoms with Gasteiger partial charge in [-0.1, -0.05) is 18.9 Å². The highest BCUT2D eigenvalue weighted by Crippen LogP contribution is 2.46. The number of hydrogen-bond donors (Lipinski definition) is 2. The minimum absolute atomic E-state index is 0.0824. The standard InChI is InChI=1S/C33H40FN7O2/c1-39(2)30(23-5-3-4-6-23)25-16-24(34)8-10-28(25)43-29-17-35-21-36-31(29)41-14-12-33(20-41)11-13-40(19-33)18-22-7-9-26-27(15-22)38-32(42)37-26/h7-10,15-17,21,23,30H,3-6,11-14,18-20H2,1-2H3,(H2,37,38,42). The second-order valence-electron chi connectivity index (χ2n) is 13.0. The van der Waals surface area contributed by atoms with Crippen LogP contribution in [0.15, 0.2) is 53.7 Å². The topological polar surface area (TPSA) is 93.4 Å². The van der Waals surface area contributed by atoms with Gasteiger partial charge in [-0.3, -0.25) is 4.90 Å². The van der Waals surface area contributed by atoms with Gasteiger partial charge in [-0.15, -0.1) is 0 Å². The quantitative estimate of drug-likeness (QED) is 0.283. The van der Waals surface area contributed by atoms with E-state index in [1.165, 1.54) is 24.5 Å². The summed E-state index contributed by atoms with van der Waals surface area (Å²) in [7, 11) is 4.14. The summed E-state index contributed by atoms with van der Waals surface area (Å²) < 4.78 is 21.2. The molecular weight excluding hydrogens is 545 g/mol. The summed E-state index contributed by atoms with van der Waals surface area (Å²) in [6.45, 7) is 4.71. The molecular formula is C33H40FN7O2. The van der Waals surface area contributed by atoms with Crippen LogP contribution in [-0.2, 0) is 6.54 Å². The van der Waals surface area contributed by atoms with Crippen molar-refractivity contribution in [1.29, 1.82) is 0 Å². The van der Waals surface area contributed by atoms with Crippen LogP contribution in [0, 0.1) is 17.2 Å². The zero-order chi connectivity index (χ0) is 29.6. The van der Waals surface area contributed by atoms with E-state index in [9.17, 15) is 9.18 Å². The molecule has 2 saturated heterocycles. The van der Waals surface area contributed by atoms with Crippen LogP contribution in [0.3, 0.4) is 0 Å². The molecule has 4 aromatic rings. The zero-order valence-electron chi connectivity index (χ0n) is 25.0. The van der Waals surface area contributed by atoms with Crippen molar-refractivity contribution >= 4 is 16.9 Å². The van der Waals surface area contributed by atoms with Gasteiger partial charge in [-0.2, -0.15) is 0 Å². The summed E-state index contributed by atoms with van der Waals surface area (Å²) in [6, 6.07) is 11.1. The third-order valence-corrected chi connectivity index (χ3v) is 9.81. The monoisotopic (exact) mass is 585 g/mol. The number of rotatable bonds is 8. The number of imidazole rings is 1. The molecule has 3 aliphatic rings. The SMILES string of the molecule is CN(C)C(c1cc(F)ccc1Oc1cncnc1N1CCC2(CCN(Cc3ccc4[nH]c(=O)[nH]c4c3)C2)C1)C1CCCC1. The predicted molar refractivity (Wildman–Crippen MR) is 165 cm³/mol. The number of nitrogens with one attached hydrogen (secondary N) is 2. The average Bonchev–Trinajstić information content (AvgIpc) is 3.79. The Labute approximate surface area is 251 Å². The van der Waals surface area contributed by atoms with Crippen LogP contribution in [0.2, 0.25) is 0 Å². The molecule has 2 aromatic heterocycles. The van der Waals surface area contributed by atoms with E-state index in [1.54, 1.807) is 24.7 Å². The molecule has 2 aromatic carbocycles. The Balaban J connectivity index is 1.08. The summed E-state index contributed by atoms with van der Waals surface area (Å²) in [5, 5.41) is 0. The molecule has 1 saturated carbocycles. The van der Waals surface area contributed by atoms with Crippen molar-refractivity contribution in [3.05, 3.63) is 76.4 Å². The van der Waals surface area contributed by atoms with E-state index in [1.807, 2.05) is 6.07 Å². The van der Waals surface area contributed by atoms with Crippen molar-refractivity contribution in [2.24, 2.45) is 11.3 Å². The van der Waals surface area contributed by atoms with Crippen molar-refractivity contribution in [3.63, 3.8) is 0 Å². The minimum Gasteiger partial charge on any atom is -0.451 e. The van der Waals surface area contributed by atoms with E-state index in [0.29, 0.717) is 17.4 Å². The molecule has 0 amide bonds. The number of aromatic nitrogens is 4. The highest BCUT2D eigenvalue weighted by Gasteiger charge is 2.44. The normalized spacial score (nSPS) is 22.0. The number of H-pyrrole nitrogens is 2. The van der Waals surface area contributed by atoms with Crippen molar-refractivity contribution in [3.8, 4) is 11.5 Å². The van der Waals surface area contributed by atoms with E-state index < -0.39 is 0 Å². The Hall–Kier alpha value is -3.76. The third kappa shape index (κ3) is 5.65. The molecule has 7 rings (SSSR count). The van der Waals surface area contributed by atoms with Gasteiger partial charge in [-0.25, -0.2) is 19.2 Å². The molecule has 1 spiro atoms. The highest BCUT2D eigenvalue weighted by atomic mass is 19.1. The van der Waals surface area contributed by atoms with Crippen LogP contribution in [0.4, 0.5) is 10.2 Å². The first-order valence-corrected chi connectivity index (χ1v) is 15.5. The maximum Gasteiger partial charge on any atom is 0.323 e. The van der Waals surface area contributed by atoms with E-state index in [2.05, 4.69) is 55.9 Å². The molecule has 43 heavy (non-hydrogen) atoms. The second kappa shape index (κ2) is 11.4. The Kier molecular flexibility index (Phi) is 7.43. The summed E-state index contributed by atoms with van der Waals surface area (Å²) in [4.78, 5) is 33.4. The van der Waals surface area contributed by atoms with Gasteiger partial charge >= 0.3 is 5.69 Å². The fourth-order valence-corrected chi connectivity index (χ4v) is 7.86. The number of aromatic amines is 2. The number of hydrogen-bond acceptors (Lipinski definition) is 7. The molecule has 1 aliphatic carbocycles. The lowest BCUT2D eigenvalue weighted by molar-refractivity contribution is 0.209. The van der Waals surface area contributed by atoms with E-state index in [-0.39, 0.29) is 23.0 Å². The van der Waals surface area contributed by atoms with Crippen molar-refractivity contribution in [1.82, 2.24) is 29.7 Å². The summed E-state index contributed by atoms with van der Waals surface area (Å²) in [5.41, 5.74) is 3.79. The van der Waals surface area contributed by atoms with Gasteiger partial charge in [0.2, 0.25) is 0 Å². The largest absolute Gasteiger partial charge is 0.451 e. The molecule has 2 aliphatic heterocycles. The van der Waals surface area contributed by atoms with Gasteiger partial charge < -0.3 is 24.5 Å². The lowest BCUT2D eigenvalue weighted by Crippen LogP contribution is -2.31. The van der Waals surface area contributed by atoms with Crippen molar-refractivity contribution in [2.75, 3.05) is 45.2 Å². The molecule has 4 heterocycles. The molecule has 9 nitrogen and oxygen atoms in total. The van der Waals surface area contributed by atoms with Gasteiger partial charge in [-0.05, 0) is 88.1 Å². The smallest absolute Gasteiger partial charge is 0.323 e. The first kappa shape index (κ1) is 28.0. The van der Waals surface area contributed by atoms with E-state index >= 15 is 0 Å². The average molecular weight is 586 g/mol. The number of nitrogens with zero attached hydrogens (tertiary/aromatic N) is 5. The van der Waals surface area contributed by atoms with Crippen LogP contribution >= 0.6 is 0 Å². The van der Waals surface area contributed by atoms with Gasteiger partial charge in [0.15, 0.2) is 11.6 Å². The molecule has 10 heteroatoms. The number of benzene rings is 2. The lowest BCUT2D eigenvalue weighted by atomic mass is 9.86. The molecule has 2 atom stereocenters. The number of halogens is 1. The zero-order valence-corrected chi connectivity index (χ0v) is 25.0. The Bertz CT molecular complexity index is 1660. The number of likely N-dealkylation sites (tertiary alicyclic amines) is 1. The fraction of sp³-hybridized carbons (Fsp3) is 0.485. The molecule has 0 bridgehead atoms. The van der Waals surface area contributed by atoms with E-state index in [0.717, 1.165) is 80.8 Å². The van der Waals surface area contributed by atoms with Crippen LogP contribution in [-0.4, -0.2) is 70.0 Å². The fourth-order valence-electron chi connectivity index (χ4n) is 7.86. The van der Waals surface area contributed by atoms with Crippen molar-refractivity contribution in [2.45, 2.75) is 51.1 Å². The first-order valence-electron chi connectivity index (χ1n) is 15.5. The van der Waals surface area contributed by atoms with Gasteiger partial charge in [0.05, 0.1) is 17.2 Å². The third-order valence-electron chi connectivity index (χ3n) is 9.81. The van der Waals surface area contributed by atoms with Gasteiger partial charge in [0.25, 0.3) is 0 Å². The second-order valence-corrected chi connectivity index (χ2v) is 13.0. The van der Waals surface area contributed by atoms with Gasteiger partial charge in [0, 0.05) is 43.2 Å². The predicted octanol–water partition coefficient (Wildman–Crippen LogP) is 5.47. The summed E-state index contributed by atoms with van der Waals surface area (Å²) in [6.07, 6.45) is 10.3. The number of anilines is 1. The minimum atomic E-state index is -0.245. The summed E-state index contributed by atoms with van der Waals surface area (Å²) in [5.74, 6) is 2.31.